The van der Waals surface area contributed by atoms with Gasteiger partial charge in [-0.05, 0) is 19.1 Å². The van der Waals surface area contributed by atoms with Crippen LogP contribution in [0.5, 0.6) is 5.88 Å². The summed E-state index contributed by atoms with van der Waals surface area (Å²) in [5.41, 5.74) is -0.219. The van der Waals surface area contributed by atoms with E-state index in [0.29, 0.717) is 31.0 Å². The highest BCUT2D eigenvalue weighted by atomic mass is 19.1. The zero-order chi connectivity index (χ0) is 19.2. The number of morpholine rings is 1. The summed E-state index contributed by atoms with van der Waals surface area (Å²) in [4.78, 5) is 22.6. The third kappa shape index (κ3) is 5.10. The van der Waals surface area contributed by atoms with Crippen LogP contribution in [-0.2, 0) is 4.74 Å². The molecular weight excluding hydrogens is 358 g/mol. The monoisotopic (exact) mass is 378 g/mol. The molecule has 0 saturated carbocycles. The Balaban J connectivity index is 1.52. The molecule has 27 heavy (non-hydrogen) atoms. The molecule has 1 saturated heterocycles. The lowest BCUT2D eigenvalue weighted by Crippen LogP contribution is -2.37. The number of aryl methyl sites for hydroxylation is 1. The van der Waals surface area contributed by atoms with Crippen molar-refractivity contribution in [1.82, 2.24) is 15.3 Å². The van der Waals surface area contributed by atoms with E-state index in [2.05, 4.69) is 20.2 Å². The second-order valence-corrected chi connectivity index (χ2v) is 5.94. The lowest BCUT2D eigenvalue weighted by molar-refractivity contribution is 0.0942. The highest BCUT2D eigenvalue weighted by Crippen LogP contribution is 2.18. The summed E-state index contributed by atoms with van der Waals surface area (Å²) in [6, 6.07) is 4.54. The number of carbonyl (C=O) groups is 1. The summed E-state index contributed by atoms with van der Waals surface area (Å²) in [5.74, 6) is -0.544. The van der Waals surface area contributed by atoms with Crippen molar-refractivity contribution >= 4 is 11.7 Å². The SMILES string of the molecule is Cc1nc(OCCNC(=O)c2ccc(F)cc2F)cc(N2CCOCC2)n1. The molecule has 0 atom stereocenters. The average molecular weight is 378 g/mol. The Morgan fingerprint density at radius 1 is 1.26 bits per heavy atom. The van der Waals surface area contributed by atoms with Crippen LogP contribution in [0.3, 0.4) is 0 Å². The van der Waals surface area contributed by atoms with E-state index in [1.54, 1.807) is 13.0 Å². The van der Waals surface area contributed by atoms with Crippen LogP contribution in [-0.4, -0.2) is 55.3 Å². The molecule has 1 fully saturated rings. The molecule has 0 unspecified atom stereocenters. The van der Waals surface area contributed by atoms with Crippen molar-refractivity contribution in [3.63, 3.8) is 0 Å². The van der Waals surface area contributed by atoms with E-state index < -0.39 is 17.5 Å². The number of carbonyl (C=O) groups excluding carboxylic acids is 1. The largest absolute Gasteiger partial charge is 0.476 e. The number of amides is 1. The van der Waals surface area contributed by atoms with Gasteiger partial charge in [0.05, 0.1) is 25.3 Å². The summed E-state index contributed by atoms with van der Waals surface area (Å²) < 4.78 is 37.4. The molecule has 0 spiro atoms. The Kier molecular flexibility index (Phi) is 6.12. The number of hydrogen-bond donors (Lipinski definition) is 1. The van der Waals surface area contributed by atoms with Crippen LogP contribution in [0, 0.1) is 18.6 Å². The van der Waals surface area contributed by atoms with Gasteiger partial charge in [0.15, 0.2) is 0 Å². The molecule has 7 nitrogen and oxygen atoms in total. The third-order valence-corrected chi connectivity index (χ3v) is 3.95. The zero-order valence-corrected chi connectivity index (χ0v) is 14.9. The Morgan fingerprint density at radius 3 is 2.78 bits per heavy atom. The predicted octanol–water partition coefficient (Wildman–Crippen LogP) is 1.71. The molecule has 1 N–H and O–H groups in total. The smallest absolute Gasteiger partial charge is 0.254 e. The van der Waals surface area contributed by atoms with Crippen LogP contribution in [0.2, 0.25) is 0 Å². The number of ether oxygens (including phenoxy) is 2. The maximum Gasteiger partial charge on any atom is 0.254 e. The lowest BCUT2D eigenvalue weighted by atomic mass is 10.2. The van der Waals surface area contributed by atoms with Crippen molar-refractivity contribution in [2.45, 2.75) is 6.92 Å². The molecule has 2 aromatic rings. The number of hydrogen-bond acceptors (Lipinski definition) is 6. The molecule has 1 aliphatic heterocycles. The predicted molar refractivity (Wildman–Crippen MR) is 94.0 cm³/mol. The van der Waals surface area contributed by atoms with Crippen LogP contribution in [0.25, 0.3) is 0 Å². The second-order valence-electron chi connectivity index (χ2n) is 5.94. The van der Waals surface area contributed by atoms with Crippen molar-refractivity contribution in [3.05, 3.63) is 47.3 Å². The van der Waals surface area contributed by atoms with E-state index in [0.717, 1.165) is 31.0 Å². The van der Waals surface area contributed by atoms with E-state index in [-0.39, 0.29) is 18.7 Å². The lowest BCUT2D eigenvalue weighted by Gasteiger charge is -2.28. The fraction of sp³-hybridized carbons (Fsp3) is 0.389. The van der Waals surface area contributed by atoms with Gasteiger partial charge in [0, 0.05) is 25.2 Å². The zero-order valence-electron chi connectivity index (χ0n) is 14.9. The number of halogens is 2. The van der Waals surface area contributed by atoms with Crippen LogP contribution >= 0.6 is 0 Å². The van der Waals surface area contributed by atoms with Gasteiger partial charge >= 0.3 is 0 Å². The second kappa shape index (κ2) is 8.72. The Labute approximate surface area is 155 Å². The number of nitrogens with zero attached hydrogens (tertiary/aromatic N) is 3. The average Bonchev–Trinajstić information content (AvgIpc) is 2.65. The molecule has 144 valence electrons. The minimum Gasteiger partial charge on any atom is -0.476 e. The molecule has 2 heterocycles. The molecule has 1 aliphatic rings. The number of benzene rings is 1. The molecule has 0 aliphatic carbocycles. The van der Waals surface area contributed by atoms with Gasteiger partial charge in [-0.15, -0.1) is 0 Å². The molecule has 1 aromatic carbocycles. The van der Waals surface area contributed by atoms with Crippen LogP contribution in [0.4, 0.5) is 14.6 Å². The molecule has 3 rings (SSSR count). The van der Waals surface area contributed by atoms with E-state index >= 15 is 0 Å². The standard InChI is InChI=1S/C18H20F2N4O3/c1-12-22-16(24-5-8-26-9-6-24)11-17(23-12)27-7-4-21-18(25)14-3-2-13(19)10-15(14)20/h2-3,10-11H,4-9H2,1H3,(H,21,25). The summed E-state index contributed by atoms with van der Waals surface area (Å²) >= 11 is 0. The summed E-state index contributed by atoms with van der Waals surface area (Å²) in [7, 11) is 0. The summed E-state index contributed by atoms with van der Waals surface area (Å²) in [6.07, 6.45) is 0. The Bertz CT molecular complexity index is 813. The minimum atomic E-state index is -0.907. The highest BCUT2D eigenvalue weighted by Gasteiger charge is 2.15. The number of aromatic nitrogens is 2. The minimum absolute atomic E-state index is 0.144. The molecule has 9 heteroatoms. The molecule has 0 radical (unpaired) electrons. The molecule has 1 amide bonds. The molecular formula is C18H20F2N4O3. The van der Waals surface area contributed by atoms with E-state index in [1.807, 2.05) is 0 Å². The first-order chi connectivity index (χ1) is 13.0. The van der Waals surface area contributed by atoms with Crippen molar-refractivity contribution < 1.29 is 23.0 Å². The fourth-order valence-corrected chi connectivity index (χ4v) is 2.64. The van der Waals surface area contributed by atoms with Gasteiger partial charge in [-0.3, -0.25) is 4.79 Å². The summed E-state index contributed by atoms with van der Waals surface area (Å²) in [5, 5.41) is 2.53. The number of nitrogens with one attached hydrogen (secondary N) is 1. The fourth-order valence-electron chi connectivity index (χ4n) is 2.64. The van der Waals surface area contributed by atoms with Crippen molar-refractivity contribution in [2.75, 3.05) is 44.4 Å². The normalized spacial score (nSPS) is 14.1. The van der Waals surface area contributed by atoms with E-state index in [9.17, 15) is 13.6 Å². The first kappa shape index (κ1) is 19.0. The quantitative estimate of drug-likeness (QED) is 0.772. The highest BCUT2D eigenvalue weighted by molar-refractivity contribution is 5.94. The summed E-state index contributed by atoms with van der Waals surface area (Å²) in [6.45, 7) is 4.84. The van der Waals surface area contributed by atoms with Crippen LogP contribution < -0.4 is 15.0 Å². The Hall–Kier alpha value is -2.81. The van der Waals surface area contributed by atoms with Gasteiger partial charge in [0.2, 0.25) is 5.88 Å². The van der Waals surface area contributed by atoms with Gasteiger partial charge in [-0.25, -0.2) is 13.8 Å². The van der Waals surface area contributed by atoms with Gasteiger partial charge in [0.1, 0.15) is 29.9 Å². The molecule has 1 aromatic heterocycles. The number of anilines is 1. The Morgan fingerprint density at radius 2 is 2.04 bits per heavy atom. The van der Waals surface area contributed by atoms with Gasteiger partial charge < -0.3 is 19.7 Å². The maximum absolute atomic E-state index is 13.6. The molecule has 0 bridgehead atoms. The van der Waals surface area contributed by atoms with E-state index in [1.165, 1.54) is 0 Å². The van der Waals surface area contributed by atoms with Crippen molar-refractivity contribution in [1.29, 1.82) is 0 Å². The maximum atomic E-state index is 13.6. The van der Waals surface area contributed by atoms with Crippen LogP contribution in [0.1, 0.15) is 16.2 Å². The third-order valence-electron chi connectivity index (χ3n) is 3.95. The first-order valence-electron chi connectivity index (χ1n) is 8.57. The van der Waals surface area contributed by atoms with Crippen molar-refractivity contribution in [2.24, 2.45) is 0 Å². The van der Waals surface area contributed by atoms with Gasteiger partial charge in [0.25, 0.3) is 5.91 Å². The topological polar surface area (TPSA) is 76.6 Å². The van der Waals surface area contributed by atoms with Gasteiger partial charge in [-0.1, -0.05) is 0 Å². The van der Waals surface area contributed by atoms with E-state index in [4.69, 9.17) is 9.47 Å². The van der Waals surface area contributed by atoms with Crippen LogP contribution in [0.15, 0.2) is 24.3 Å². The van der Waals surface area contributed by atoms with Crippen molar-refractivity contribution in [3.8, 4) is 5.88 Å². The number of rotatable bonds is 6. The first-order valence-corrected chi connectivity index (χ1v) is 8.57. The van der Waals surface area contributed by atoms with Gasteiger partial charge in [-0.2, -0.15) is 4.98 Å².